The Morgan fingerprint density at radius 3 is 2.85 bits per heavy atom. The summed E-state index contributed by atoms with van der Waals surface area (Å²) in [6.45, 7) is 4.95. The van der Waals surface area contributed by atoms with Crippen molar-refractivity contribution in [3.8, 4) is 0 Å². The molecule has 110 valence electrons. The van der Waals surface area contributed by atoms with Gasteiger partial charge in [-0.3, -0.25) is 19.1 Å². The van der Waals surface area contributed by atoms with E-state index in [0.717, 1.165) is 0 Å². The van der Waals surface area contributed by atoms with Crippen LogP contribution in [-0.2, 0) is 20.7 Å². The summed E-state index contributed by atoms with van der Waals surface area (Å²) >= 11 is 0. The van der Waals surface area contributed by atoms with Gasteiger partial charge >= 0.3 is 11.7 Å². The molecule has 0 aliphatic carbocycles. The minimum Gasteiger partial charge on any atom is -0.460 e. The van der Waals surface area contributed by atoms with E-state index in [9.17, 15) is 14.4 Å². The summed E-state index contributed by atoms with van der Waals surface area (Å²) in [5.74, 6) is -0.380. The van der Waals surface area contributed by atoms with Gasteiger partial charge in [0.15, 0.2) is 0 Å². The number of hydrogen-bond acceptors (Lipinski definition) is 5. The number of carbonyl (C=O) groups is 1. The van der Waals surface area contributed by atoms with Gasteiger partial charge in [-0.2, -0.15) is 0 Å². The van der Waals surface area contributed by atoms with Gasteiger partial charge in [0.1, 0.15) is 12.3 Å². The third kappa shape index (κ3) is 2.82. The number of ether oxygens (including phenoxy) is 2. The van der Waals surface area contributed by atoms with E-state index in [0.29, 0.717) is 18.4 Å². The van der Waals surface area contributed by atoms with Gasteiger partial charge in [0, 0.05) is 25.1 Å². The Balaban J connectivity index is 2.27. The average molecular weight is 282 g/mol. The van der Waals surface area contributed by atoms with Crippen molar-refractivity contribution in [2.45, 2.75) is 52.0 Å². The zero-order valence-corrected chi connectivity index (χ0v) is 11.7. The van der Waals surface area contributed by atoms with Crippen molar-refractivity contribution in [2.75, 3.05) is 0 Å². The van der Waals surface area contributed by atoms with E-state index in [1.165, 1.54) is 17.7 Å². The molecule has 1 aliphatic heterocycles. The van der Waals surface area contributed by atoms with Crippen molar-refractivity contribution in [1.29, 1.82) is 0 Å². The maximum atomic E-state index is 11.9. The average Bonchev–Trinajstić information content (AvgIpc) is 2.70. The predicted octanol–water partition coefficient (Wildman–Crippen LogP) is 0.338. The van der Waals surface area contributed by atoms with Gasteiger partial charge in [0.2, 0.25) is 0 Å². The lowest BCUT2D eigenvalue weighted by molar-refractivity contribution is -0.148. The summed E-state index contributed by atoms with van der Waals surface area (Å²) in [4.78, 5) is 36.7. The molecule has 0 spiro atoms. The first-order valence-electron chi connectivity index (χ1n) is 6.59. The van der Waals surface area contributed by atoms with Crippen LogP contribution >= 0.6 is 0 Å². The fraction of sp³-hybridized carbons (Fsp3) is 0.615. The summed E-state index contributed by atoms with van der Waals surface area (Å²) in [6.07, 6.45) is 1.19. The summed E-state index contributed by atoms with van der Waals surface area (Å²) in [5.41, 5.74) is -0.388. The number of esters is 1. The normalized spacial score (nSPS) is 25.6. The van der Waals surface area contributed by atoms with Crippen molar-refractivity contribution in [1.82, 2.24) is 9.55 Å². The fourth-order valence-corrected chi connectivity index (χ4v) is 2.31. The van der Waals surface area contributed by atoms with Crippen molar-refractivity contribution in [2.24, 2.45) is 0 Å². The van der Waals surface area contributed by atoms with Gasteiger partial charge < -0.3 is 9.47 Å². The van der Waals surface area contributed by atoms with E-state index in [1.807, 2.05) is 6.92 Å². The van der Waals surface area contributed by atoms with Crippen molar-refractivity contribution >= 4 is 5.97 Å². The van der Waals surface area contributed by atoms with Gasteiger partial charge in [-0.1, -0.05) is 6.92 Å². The summed E-state index contributed by atoms with van der Waals surface area (Å²) in [5, 5.41) is 0. The SMILES string of the molecule is CCc1cn([C@@H]2CC(OC(C)=O)[C@H](C)O2)c(=O)[nH]c1=O. The van der Waals surface area contributed by atoms with Crippen LogP contribution in [0, 0.1) is 0 Å². The van der Waals surface area contributed by atoms with Crippen molar-refractivity contribution in [3.05, 3.63) is 32.6 Å². The van der Waals surface area contributed by atoms with E-state index in [4.69, 9.17) is 9.47 Å². The molecule has 0 amide bonds. The number of aromatic amines is 1. The maximum absolute atomic E-state index is 11.9. The molecular weight excluding hydrogens is 264 g/mol. The first-order chi connectivity index (χ1) is 9.42. The number of nitrogens with one attached hydrogen (secondary N) is 1. The molecule has 1 aliphatic rings. The fourth-order valence-electron chi connectivity index (χ4n) is 2.31. The Morgan fingerprint density at radius 1 is 1.55 bits per heavy atom. The lowest BCUT2D eigenvalue weighted by atomic mass is 10.2. The number of H-pyrrole nitrogens is 1. The molecular formula is C13H18N2O5. The first-order valence-corrected chi connectivity index (χ1v) is 6.59. The van der Waals surface area contributed by atoms with E-state index in [-0.39, 0.29) is 23.7 Å². The Morgan fingerprint density at radius 2 is 2.25 bits per heavy atom. The minimum atomic E-state index is -0.538. The molecule has 2 rings (SSSR count). The second-order valence-corrected chi connectivity index (χ2v) is 4.85. The van der Waals surface area contributed by atoms with Gasteiger partial charge in [0.25, 0.3) is 5.56 Å². The van der Waals surface area contributed by atoms with Crippen LogP contribution in [0.25, 0.3) is 0 Å². The summed E-state index contributed by atoms with van der Waals surface area (Å²) in [6, 6.07) is 0. The highest BCUT2D eigenvalue weighted by atomic mass is 16.6. The molecule has 7 nitrogen and oxygen atoms in total. The smallest absolute Gasteiger partial charge is 0.330 e. The van der Waals surface area contributed by atoms with Crippen molar-refractivity contribution < 1.29 is 14.3 Å². The lowest BCUT2D eigenvalue weighted by Gasteiger charge is -2.14. The lowest BCUT2D eigenvalue weighted by Crippen LogP contribution is -2.34. The molecule has 0 bridgehead atoms. The van der Waals surface area contributed by atoms with Crippen LogP contribution in [0.2, 0.25) is 0 Å². The van der Waals surface area contributed by atoms with E-state index >= 15 is 0 Å². The predicted molar refractivity (Wildman–Crippen MR) is 70.5 cm³/mol. The van der Waals surface area contributed by atoms with Crippen LogP contribution < -0.4 is 11.2 Å². The Kier molecular flexibility index (Phi) is 4.08. The molecule has 1 N–H and O–H groups in total. The molecule has 20 heavy (non-hydrogen) atoms. The molecule has 2 heterocycles. The Labute approximate surface area is 115 Å². The Bertz CT molecular complexity index is 618. The Hall–Kier alpha value is -1.89. The van der Waals surface area contributed by atoms with Crippen LogP contribution in [0.4, 0.5) is 0 Å². The molecule has 1 unspecified atom stereocenters. The molecule has 1 aromatic rings. The molecule has 7 heteroatoms. The zero-order valence-electron chi connectivity index (χ0n) is 11.7. The summed E-state index contributed by atoms with van der Waals surface area (Å²) < 4.78 is 12.1. The van der Waals surface area contributed by atoms with Crippen LogP contribution in [0.5, 0.6) is 0 Å². The third-order valence-corrected chi connectivity index (χ3v) is 3.38. The van der Waals surface area contributed by atoms with E-state index in [2.05, 4.69) is 4.98 Å². The topological polar surface area (TPSA) is 90.4 Å². The zero-order chi connectivity index (χ0) is 14.9. The third-order valence-electron chi connectivity index (χ3n) is 3.38. The van der Waals surface area contributed by atoms with Crippen molar-refractivity contribution in [3.63, 3.8) is 0 Å². The highest BCUT2D eigenvalue weighted by Gasteiger charge is 2.36. The van der Waals surface area contributed by atoms with Gasteiger partial charge in [0.05, 0.1) is 6.10 Å². The molecule has 3 atom stereocenters. The highest BCUT2D eigenvalue weighted by Crippen LogP contribution is 2.29. The van der Waals surface area contributed by atoms with Crippen LogP contribution in [0.15, 0.2) is 15.8 Å². The quantitative estimate of drug-likeness (QED) is 0.807. The van der Waals surface area contributed by atoms with Gasteiger partial charge in [-0.15, -0.1) is 0 Å². The molecule has 0 radical (unpaired) electrons. The number of rotatable bonds is 3. The second kappa shape index (κ2) is 5.62. The van der Waals surface area contributed by atoms with Crippen LogP contribution in [0.3, 0.4) is 0 Å². The van der Waals surface area contributed by atoms with Crippen LogP contribution in [-0.4, -0.2) is 27.7 Å². The van der Waals surface area contributed by atoms with Gasteiger partial charge in [-0.05, 0) is 13.3 Å². The van der Waals surface area contributed by atoms with Gasteiger partial charge in [-0.25, -0.2) is 4.79 Å². The molecule has 0 saturated carbocycles. The minimum absolute atomic E-state index is 0.298. The summed E-state index contributed by atoms with van der Waals surface area (Å²) in [7, 11) is 0. The second-order valence-electron chi connectivity index (χ2n) is 4.85. The molecule has 1 fully saturated rings. The monoisotopic (exact) mass is 282 g/mol. The number of aryl methyl sites for hydroxylation is 1. The number of nitrogens with zero attached hydrogens (tertiary/aromatic N) is 1. The van der Waals surface area contributed by atoms with E-state index < -0.39 is 11.9 Å². The number of hydrogen-bond donors (Lipinski definition) is 1. The largest absolute Gasteiger partial charge is 0.460 e. The maximum Gasteiger partial charge on any atom is 0.330 e. The first kappa shape index (κ1) is 14.5. The molecule has 1 saturated heterocycles. The van der Waals surface area contributed by atoms with Crippen LogP contribution in [0.1, 0.15) is 39.0 Å². The highest BCUT2D eigenvalue weighted by molar-refractivity contribution is 5.66. The number of aromatic nitrogens is 2. The van der Waals surface area contributed by atoms with E-state index in [1.54, 1.807) is 6.92 Å². The standard InChI is InChI=1S/C13H18N2O5/c1-4-9-6-15(13(18)14-12(9)17)11-5-10(7(2)19-11)20-8(3)16/h6-7,10-11H,4-5H2,1-3H3,(H,14,17,18)/t7-,10?,11-/m0/s1. The molecule has 1 aromatic heterocycles. The number of carbonyl (C=O) groups excluding carboxylic acids is 1. The molecule has 0 aromatic carbocycles.